The van der Waals surface area contributed by atoms with Crippen LogP contribution in [0.3, 0.4) is 0 Å². The molecule has 0 unspecified atom stereocenters. The lowest BCUT2D eigenvalue weighted by Crippen LogP contribution is -1.92. The molecule has 0 fully saturated rings. The van der Waals surface area contributed by atoms with Gasteiger partial charge in [-0.15, -0.1) is 0 Å². The Morgan fingerprint density at radius 2 is 2.18 bits per heavy atom. The third-order valence-corrected chi connectivity index (χ3v) is 2.80. The van der Waals surface area contributed by atoms with Gasteiger partial charge < -0.3 is 4.57 Å². The minimum atomic E-state index is 0.687. The standard InChI is InChI=1S/C15H14N2/c1-3-15-9-14(11-17(15)4-2)13-7-5-6-12(8-13)10-16/h3,5-9,11H,1,4H2,2H3. The predicted octanol–water partition coefficient (Wildman–Crippen LogP) is 3.69. The highest BCUT2D eigenvalue weighted by molar-refractivity contribution is 5.68. The summed E-state index contributed by atoms with van der Waals surface area (Å²) in [5.41, 5.74) is 3.98. The summed E-state index contributed by atoms with van der Waals surface area (Å²) >= 11 is 0. The normalized spacial score (nSPS) is 9.88. The number of rotatable bonds is 3. The Morgan fingerprint density at radius 1 is 1.35 bits per heavy atom. The van der Waals surface area contributed by atoms with Gasteiger partial charge in [-0.05, 0) is 42.3 Å². The van der Waals surface area contributed by atoms with Crippen LogP contribution in [0.4, 0.5) is 0 Å². The van der Waals surface area contributed by atoms with Crippen LogP contribution >= 0.6 is 0 Å². The summed E-state index contributed by atoms with van der Waals surface area (Å²) in [5.74, 6) is 0. The van der Waals surface area contributed by atoms with Crippen molar-refractivity contribution in [2.75, 3.05) is 0 Å². The maximum atomic E-state index is 8.89. The number of nitriles is 1. The Hall–Kier alpha value is -2.27. The molecule has 0 bridgehead atoms. The van der Waals surface area contributed by atoms with Crippen molar-refractivity contribution in [3.05, 3.63) is 54.4 Å². The minimum absolute atomic E-state index is 0.687. The molecule has 0 amide bonds. The molecule has 2 aromatic rings. The van der Waals surface area contributed by atoms with Gasteiger partial charge in [0.05, 0.1) is 11.6 Å². The molecule has 0 spiro atoms. The summed E-state index contributed by atoms with van der Waals surface area (Å²) in [5, 5.41) is 8.89. The number of hydrogen-bond donors (Lipinski definition) is 0. The van der Waals surface area contributed by atoms with Gasteiger partial charge in [0, 0.05) is 18.4 Å². The predicted molar refractivity (Wildman–Crippen MR) is 70.3 cm³/mol. The zero-order valence-electron chi connectivity index (χ0n) is 9.85. The van der Waals surface area contributed by atoms with Crippen molar-refractivity contribution in [2.24, 2.45) is 0 Å². The average molecular weight is 222 g/mol. The molecule has 2 heteroatoms. The highest BCUT2D eigenvalue weighted by Gasteiger charge is 2.04. The second-order valence-corrected chi connectivity index (χ2v) is 3.84. The quantitative estimate of drug-likeness (QED) is 0.778. The Kier molecular flexibility index (Phi) is 3.11. The van der Waals surface area contributed by atoms with Gasteiger partial charge in [0.25, 0.3) is 0 Å². The van der Waals surface area contributed by atoms with Crippen molar-refractivity contribution in [1.29, 1.82) is 5.26 Å². The van der Waals surface area contributed by atoms with Crippen LogP contribution in [0, 0.1) is 11.3 Å². The van der Waals surface area contributed by atoms with Crippen LogP contribution in [0.15, 0.2) is 43.1 Å². The van der Waals surface area contributed by atoms with Crippen molar-refractivity contribution in [3.63, 3.8) is 0 Å². The summed E-state index contributed by atoms with van der Waals surface area (Å²) < 4.78 is 2.14. The maximum Gasteiger partial charge on any atom is 0.0991 e. The summed E-state index contributed by atoms with van der Waals surface area (Å²) in [6.07, 6.45) is 3.94. The Labute approximate surface area is 101 Å². The molecular weight excluding hydrogens is 208 g/mol. The van der Waals surface area contributed by atoms with E-state index in [2.05, 4.69) is 36.4 Å². The number of aromatic nitrogens is 1. The number of nitrogens with zero attached hydrogens (tertiary/aromatic N) is 2. The van der Waals surface area contributed by atoms with Crippen molar-refractivity contribution < 1.29 is 0 Å². The zero-order valence-corrected chi connectivity index (χ0v) is 9.85. The molecule has 0 saturated heterocycles. The van der Waals surface area contributed by atoms with Gasteiger partial charge in [0.15, 0.2) is 0 Å². The lowest BCUT2D eigenvalue weighted by Gasteiger charge is -1.99. The lowest BCUT2D eigenvalue weighted by atomic mass is 10.1. The van der Waals surface area contributed by atoms with Crippen LogP contribution in [0.1, 0.15) is 18.2 Å². The summed E-state index contributed by atoms with van der Waals surface area (Å²) in [4.78, 5) is 0. The first-order chi connectivity index (χ1) is 8.28. The molecule has 0 radical (unpaired) electrons. The average Bonchev–Trinajstić information content (AvgIpc) is 2.82. The van der Waals surface area contributed by atoms with Crippen molar-refractivity contribution in [1.82, 2.24) is 4.57 Å². The smallest absolute Gasteiger partial charge is 0.0991 e. The van der Waals surface area contributed by atoms with E-state index in [1.807, 2.05) is 30.3 Å². The third-order valence-electron chi connectivity index (χ3n) is 2.80. The van der Waals surface area contributed by atoms with Crippen molar-refractivity contribution in [3.8, 4) is 17.2 Å². The monoisotopic (exact) mass is 222 g/mol. The van der Waals surface area contributed by atoms with E-state index in [-0.39, 0.29) is 0 Å². The summed E-state index contributed by atoms with van der Waals surface area (Å²) in [6, 6.07) is 11.9. The van der Waals surface area contributed by atoms with Crippen molar-refractivity contribution >= 4 is 6.08 Å². The first kappa shape index (κ1) is 11.2. The first-order valence-corrected chi connectivity index (χ1v) is 5.61. The Bertz CT molecular complexity index is 585. The van der Waals surface area contributed by atoms with Crippen LogP contribution in [0.2, 0.25) is 0 Å². The number of hydrogen-bond acceptors (Lipinski definition) is 1. The maximum absolute atomic E-state index is 8.89. The van der Waals surface area contributed by atoms with Gasteiger partial charge in [0.2, 0.25) is 0 Å². The fraction of sp³-hybridized carbons (Fsp3) is 0.133. The van der Waals surface area contributed by atoms with Gasteiger partial charge in [-0.25, -0.2) is 0 Å². The molecule has 1 heterocycles. The van der Waals surface area contributed by atoms with Crippen molar-refractivity contribution in [2.45, 2.75) is 13.5 Å². The SMILES string of the molecule is C=Cc1cc(-c2cccc(C#N)c2)cn1CC. The van der Waals surface area contributed by atoms with E-state index >= 15 is 0 Å². The van der Waals surface area contributed by atoms with E-state index in [9.17, 15) is 0 Å². The lowest BCUT2D eigenvalue weighted by molar-refractivity contribution is 0.762. The molecule has 0 saturated carbocycles. The first-order valence-electron chi connectivity index (χ1n) is 5.61. The number of aryl methyl sites for hydroxylation is 1. The molecule has 2 nitrogen and oxygen atoms in total. The summed E-state index contributed by atoms with van der Waals surface area (Å²) in [6.45, 7) is 6.82. The Balaban J connectivity index is 2.49. The van der Waals surface area contributed by atoms with Crippen LogP contribution in [-0.2, 0) is 6.54 Å². The molecule has 1 aromatic heterocycles. The van der Waals surface area contributed by atoms with Crippen LogP contribution in [0.5, 0.6) is 0 Å². The second-order valence-electron chi connectivity index (χ2n) is 3.84. The molecule has 1 aromatic carbocycles. The van der Waals surface area contributed by atoms with E-state index in [0.29, 0.717) is 5.56 Å². The molecule has 0 aliphatic rings. The third kappa shape index (κ3) is 2.14. The number of benzene rings is 1. The largest absolute Gasteiger partial charge is 0.348 e. The topological polar surface area (TPSA) is 28.7 Å². The van der Waals surface area contributed by atoms with Gasteiger partial charge in [-0.2, -0.15) is 5.26 Å². The molecule has 0 aliphatic carbocycles. The van der Waals surface area contributed by atoms with Gasteiger partial charge in [-0.3, -0.25) is 0 Å². The van der Waals surface area contributed by atoms with Gasteiger partial charge >= 0.3 is 0 Å². The van der Waals surface area contributed by atoms with Gasteiger partial charge in [-0.1, -0.05) is 18.7 Å². The van der Waals surface area contributed by atoms with Crippen LogP contribution in [0.25, 0.3) is 17.2 Å². The highest BCUT2D eigenvalue weighted by Crippen LogP contribution is 2.23. The van der Waals surface area contributed by atoms with Gasteiger partial charge in [0.1, 0.15) is 0 Å². The van der Waals surface area contributed by atoms with E-state index < -0.39 is 0 Å². The molecular formula is C15H14N2. The molecule has 0 atom stereocenters. The fourth-order valence-corrected chi connectivity index (χ4v) is 1.90. The Morgan fingerprint density at radius 3 is 2.76 bits per heavy atom. The highest BCUT2D eigenvalue weighted by atomic mass is 15.0. The van der Waals surface area contributed by atoms with E-state index in [0.717, 1.165) is 23.4 Å². The van der Waals surface area contributed by atoms with E-state index in [1.54, 1.807) is 0 Å². The van der Waals surface area contributed by atoms with E-state index in [1.165, 1.54) is 0 Å². The van der Waals surface area contributed by atoms with Crippen LogP contribution in [-0.4, -0.2) is 4.57 Å². The molecule has 0 N–H and O–H groups in total. The van der Waals surface area contributed by atoms with Crippen LogP contribution < -0.4 is 0 Å². The minimum Gasteiger partial charge on any atom is -0.348 e. The zero-order chi connectivity index (χ0) is 12.3. The van der Waals surface area contributed by atoms with E-state index in [4.69, 9.17) is 5.26 Å². The molecule has 84 valence electrons. The molecule has 0 aliphatic heterocycles. The fourth-order valence-electron chi connectivity index (χ4n) is 1.90. The second kappa shape index (κ2) is 4.71. The summed E-state index contributed by atoms with van der Waals surface area (Å²) in [7, 11) is 0. The molecule has 2 rings (SSSR count). The molecule has 17 heavy (non-hydrogen) atoms.